The molecule has 0 saturated carbocycles. The summed E-state index contributed by atoms with van der Waals surface area (Å²) in [4.78, 5) is 5.71. The van der Waals surface area contributed by atoms with Gasteiger partial charge in [-0.1, -0.05) is 24.3 Å². The molecule has 1 aliphatic heterocycles. The van der Waals surface area contributed by atoms with Crippen LogP contribution in [-0.4, -0.2) is 32.7 Å². The average Bonchev–Trinajstić information content (AvgIpc) is 3.11. The van der Waals surface area contributed by atoms with Gasteiger partial charge in [-0.25, -0.2) is 0 Å². The maximum atomic E-state index is 5.72. The smallest absolute Gasteiger partial charge is 0.191 e. The fourth-order valence-corrected chi connectivity index (χ4v) is 3.54. The van der Waals surface area contributed by atoms with Crippen molar-refractivity contribution in [2.24, 2.45) is 4.99 Å². The second-order valence-electron chi connectivity index (χ2n) is 5.58. The molecule has 1 aliphatic rings. The van der Waals surface area contributed by atoms with Crippen molar-refractivity contribution in [3.8, 4) is 5.75 Å². The Kier molecular flexibility index (Phi) is 7.84. The zero-order valence-corrected chi connectivity index (χ0v) is 17.0. The van der Waals surface area contributed by atoms with E-state index in [4.69, 9.17) is 4.74 Å². The van der Waals surface area contributed by atoms with Gasteiger partial charge in [0.05, 0.1) is 6.61 Å². The van der Waals surface area contributed by atoms with Crippen molar-refractivity contribution in [3.05, 3.63) is 52.2 Å². The summed E-state index contributed by atoms with van der Waals surface area (Å²) in [5.41, 5.74) is 1.29. The minimum absolute atomic E-state index is 0. The lowest BCUT2D eigenvalue weighted by molar-refractivity contribution is 0.267. The number of aliphatic imine (C=N–C) groups is 1. The van der Waals surface area contributed by atoms with Crippen molar-refractivity contribution in [2.75, 3.05) is 26.7 Å². The molecular weight excluding hydrogens is 433 g/mol. The van der Waals surface area contributed by atoms with E-state index in [9.17, 15) is 0 Å². The fourth-order valence-electron chi connectivity index (χ4n) is 2.83. The molecule has 0 fully saturated rings. The first-order valence-corrected chi connectivity index (χ1v) is 8.93. The van der Waals surface area contributed by atoms with E-state index < -0.39 is 0 Å². The fraction of sp³-hybridized carbons (Fsp3) is 0.389. The maximum absolute atomic E-state index is 5.72. The number of nitrogens with one attached hydrogen (secondary N) is 2. The molecule has 0 amide bonds. The third-order valence-corrected chi connectivity index (χ3v) is 5.00. The Morgan fingerprint density at radius 3 is 2.92 bits per heavy atom. The molecule has 3 rings (SSSR count). The largest absolute Gasteiger partial charge is 0.493 e. The van der Waals surface area contributed by atoms with E-state index in [2.05, 4.69) is 51.3 Å². The first kappa shape index (κ1) is 19.1. The molecule has 2 N–H and O–H groups in total. The summed E-state index contributed by atoms with van der Waals surface area (Å²) in [6.07, 6.45) is 2.06. The number of hydrogen-bond acceptors (Lipinski definition) is 3. The zero-order chi connectivity index (χ0) is 15.9. The maximum Gasteiger partial charge on any atom is 0.191 e. The number of guanidine groups is 1. The lowest BCUT2D eigenvalue weighted by Crippen LogP contribution is -2.40. The van der Waals surface area contributed by atoms with Crippen LogP contribution in [0.2, 0.25) is 0 Å². The van der Waals surface area contributed by atoms with Crippen LogP contribution in [0.25, 0.3) is 0 Å². The number of rotatable bonds is 5. The highest BCUT2D eigenvalue weighted by atomic mass is 127. The van der Waals surface area contributed by atoms with E-state index >= 15 is 0 Å². The minimum atomic E-state index is 0. The van der Waals surface area contributed by atoms with Crippen LogP contribution < -0.4 is 15.4 Å². The van der Waals surface area contributed by atoms with Crippen LogP contribution in [0.15, 0.2) is 46.8 Å². The van der Waals surface area contributed by atoms with Gasteiger partial charge in [0.2, 0.25) is 0 Å². The number of halogens is 1. The monoisotopic (exact) mass is 457 g/mol. The van der Waals surface area contributed by atoms with Crippen LogP contribution >= 0.6 is 35.3 Å². The van der Waals surface area contributed by atoms with E-state index in [-0.39, 0.29) is 24.0 Å². The number of para-hydroxylation sites is 1. The number of nitrogens with zero attached hydrogens (tertiary/aromatic N) is 1. The highest BCUT2D eigenvalue weighted by Gasteiger charge is 2.20. The van der Waals surface area contributed by atoms with E-state index in [0.29, 0.717) is 5.92 Å². The standard InChI is InChI=1S/C18H23N3OS.HI/c1-19-18(20-10-8-15-5-4-12-23-15)21-13-14-9-11-22-17-7-3-2-6-16(14)17;/h2-7,12,14H,8-11,13H2,1H3,(H2,19,20,21);1H. The molecule has 0 bridgehead atoms. The highest BCUT2D eigenvalue weighted by molar-refractivity contribution is 14.0. The third kappa shape index (κ3) is 5.11. The molecule has 24 heavy (non-hydrogen) atoms. The summed E-state index contributed by atoms with van der Waals surface area (Å²) < 4.78 is 5.72. The summed E-state index contributed by atoms with van der Waals surface area (Å²) in [7, 11) is 1.82. The van der Waals surface area contributed by atoms with Gasteiger partial charge in [-0.15, -0.1) is 35.3 Å². The summed E-state index contributed by atoms with van der Waals surface area (Å²) >= 11 is 1.80. The first-order chi connectivity index (χ1) is 11.4. The number of thiophene rings is 1. The quantitative estimate of drug-likeness (QED) is 0.410. The van der Waals surface area contributed by atoms with Crippen molar-refractivity contribution in [3.63, 3.8) is 0 Å². The van der Waals surface area contributed by atoms with Crippen molar-refractivity contribution in [1.29, 1.82) is 0 Å². The van der Waals surface area contributed by atoms with E-state index in [1.165, 1.54) is 10.4 Å². The summed E-state index contributed by atoms with van der Waals surface area (Å²) in [5, 5.41) is 8.95. The molecule has 1 aromatic carbocycles. The van der Waals surface area contributed by atoms with Crippen LogP contribution in [0.5, 0.6) is 5.75 Å². The molecule has 6 heteroatoms. The Balaban J connectivity index is 0.00000208. The first-order valence-electron chi connectivity index (χ1n) is 8.05. The van der Waals surface area contributed by atoms with Gasteiger partial charge in [-0.3, -0.25) is 4.99 Å². The number of fused-ring (bicyclic) bond motifs is 1. The lowest BCUT2D eigenvalue weighted by Gasteiger charge is -2.26. The molecule has 4 nitrogen and oxygen atoms in total. The Morgan fingerprint density at radius 1 is 1.25 bits per heavy atom. The van der Waals surface area contributed by atoms with E-state index in [1.54, 1.807) is 11.3 Å². The van der Waals surface area contributed by atoms with Crippen LogP contribution in [0.3, 0.4) is 0 Å². The summed E-state index contributed by atoms with van der Waals surface area (Å²) in [6.45, 7) is 2.55. The van der Waals surface area contributed by atoms with Crippen LogP contribution in [0.4, 0.5) is 0 Å². The second-order valence-corrected chi connectivity index (χ2v) is 6.61. The van der Waals surface area contributed by atoms with Crippen molar-refractivity contribution >= 4 is 41.3 Å². The van der Waals surface area contributed by atoms with Crippen molar-refractivity contribution in [2.45, 2.75) is 18.8 Å². The van der Waals surface area contributed by atoms with Crippen molar-refractivity contribution < 1.29 is 4.74 Å². The molecule has 1 unspecified atom stereocenters. The highest BCUT2D eigenvalue weighted by Crippen LogP contribution is 2.32. The zero-order valence-electron chi connectivity index (χ0n) is 13.8. The molecule has 0 saturated heterocycles. The van der Waals surface area contributed by atoms with Gasteiger partial charge in [-0.2, -0.15) is 0 Å². The van der Waals surface area contributed by atoms with Crippen LogP contribution in [0, 0.1) is 0 Å². The minimum Gasteiger partial charge on any atom is -0.493 e. The summed E-state index contributed by atoms with van der Waals surface area (Å²) in [6, 6.07) is 12.6. The van der Waals surface area contributed by atoms with Gasteiger partial charge in [0.15, 0.2) is 5.96 Å². The lowest BCUT2D eigenvalue weighted by atomic mass is 9.93. The predicted octanol–water partition coefficient (Wildman–Crippen LogP) is 3.64. The summed E-state index contributed by atoms with van der Waals surface area (Å²) in [5.74, 6) is 2.35. The number of ether oxygens (including phenoxy) is 1. The number of hydrogen-bond donors (Lipinski definition) is 2. The Labute approximate surface area is 164 Å². The molecule has 2 heterocycles. The molecule has 1 atom stereocenters. The normalized spacial score (nSPS) is 16.5. The number of benzene rings is 1. The Morgan fingerprint density at radius 2 is 2.12 bits per heavy atom. The SMILES string of the molecule is CN=C(NCCc1cccs1)NCC1CCOc2ccccc21.I. The van der Waals surface area contributed by atoms with Gasteiger partial charge in [0, 0.05) is 30.9 Å². The molecule has 0 spiro atoms. The van der Waals surface area contributed by atoms with Gasteiger partial charge in [0.1, 0.15) is 5.75 Å². The Hall–Kier alpha value is -1.28. The van der Waals surface area contributed by atoms with Crippen LogP contribution in [0.1, 0.15) is 22.8 Å². The van der Waals surface area contributed by atoms with Gasteiger partial charge in [-0.05, 0) is 35.9 Å². The molecule has 2 aromatic rings. The molecule has 1 aromatic heterocycles. The average molecular weight is 457 g/mol. The molecule has 0 radical (unpaired) electrons. The molecule has 130 valence electrons. The van der Waals surface area contributed by atoms with Gasteiger partial charge >= 0.3 is 0 Å². The molecular formula is C18H24IN3OS. The van der Waals surface area contributed by atoms with Crippen LogP contribution in [-0.2, 0) is 6.42 Å². The van der Waals surface area contributed by atoms with Gasteiger partial charge < -0.3 is 15.4 Å². The second kappa shape index (κ2) is 9.88. The van der Waals surface area contributed by atoms with Crippen molar-refractivity contribution in [1.82, 2.24) is 10.6 Å². The Bertz CT molecular complexity index is 645. The van der Waals surface area contributed by atoms with E-state index in [1.807, 2.05) is 13.1 Å². The predicted molar refractivity (Wildman–Crippen MR) is 112 cm³/mol. The topological polar surface area (TPSA) is 45.7 Å². The third-order valence-electron chi connectivity index (χ3n) is 4.07. The van der Waals surface area contributed by atoms with Gasteiger partial charge in [0.25, 0.3) is 0 Å². The van der Waals surface area contributed by atoms with E-state index in [0.717, 1.165) is 44.2 Å². The molecule has 0 aliphatic carbocycles.